The fraction of sp³-hybridized carbons (Fsp3) is 0.500. The Labute approximate surface area is 101 Å². The lowest BCUT2D eigenvalue weighted by molar-refractivity contribution is 0.0522. The molecule has 1 aromatic rings. The van der Waals surface area contributed by atoms with E-state index < -0.39 is 11.7 Å². The number of rotatable bonds is 3. The molecule has 0 unspecified atom stereocenters. The zero-order valence-electron chi connectivity index (χ0n) is 10.4. The highest BCUT2D eigenvalue weighted by atomic mass is 16.6. The minimum atomic E-state index is -0.497. The Morgan fingerprint density at radius 3 is 2.94 bits per heavy atom. The largest absolute Gasteiger partial charge is 0.444 e. The third kappa shape index (κ3) is 4.60. The Morgan fingerprint density at radius 1 is 1.65 bits per heavy atom. The van der Waals surface area contributed by atoms with Gasteiger partial charge in [0.25, 0.3) is 0 Å². The number of hydrogen-bond acceptors (Lipinski definition) is 3. The van der Waals surface area contributed by atoms with Crippen LogP contribution in [-0.2, 0) is 17.8 Å². The topological polar surface area (TPSA) is 56.2 Å². The second kappa shape index (κ2) is 5.39. The number of ether oxygens (including phenoxy) is 1. The highest BCUT2D eigenvalue weighted by Crippen LogP contribution is 2.07. The summed E-state index contributed by atoms with van der Waals surface area (Å²) in [4.78, 5) is 15.4. The first-order valence-electron chi connectivity index (χ1n) is 5.31. The summed E-state index contributed by atoms with van der Waals surface area (Å²) in [7, 11) is 0. The summed E-state index contributed by atoms with van der Waals surface area (Å²) in [6, 6.07) is 0. The maximum Gasteiger partial charge on any atom is 0.407 e. The van der Waals surface area contributed by atoms with Crippen LogP contribution in [0.15, 0.2) is 12.5 Å². The molecule has 5 heteroatoms. The second-order valence-corrected chi connectivity index (χ2v) is 4.57. The van der Waals surface area contributed by atoms with Crippen molar-refractivity contribution >= 4 is 6.09 Å². The lowest BCUT2D eigenvalue weighted by Crippen LogP contribution is -2.32. The predicted molar refractivity (Wildman–Crippen MR) is 64.1 cm³/mol. The average Bonchev–Trinajstić information content (AvgIpc) is 2.60. The van der Waals surface area contributed by atoms with Crippen LogP contribution < -0.4 is 5.32 Å². The van der Waals surface area contributed by atoms with Crippen molar-refractivity contribution in [2.24, 2.45) is 0 Å². The van der Waals surface area contributed by atoms with Gasteiger partial charge in [-0.2, -0.15) is 0 Å². The van der Waals surface area contributed by atoms with Crippen molar-refractivity contribution in [3.63, 3.8) is 0 Å². The van der Waals surface area contributed by atoms with Gasteiger partial charge in [-0.15, -0.1) is 6.42 Å². The van der Waals surface area contributed by atoms with E-state index in [0.717, 1.165) is 5.69 Å². The normalized spacial score (nSPS) is 10.7. The van der Waals surface area contributed by atoms with E-state index in [2.05, 4.69) is 16.2 Å². The first kappa shape index (κ1) is 13.1. The third-order valence-corrected chi connectivity index (χ3v) is 1.87. The first-order valence-corrected chi connectivity index (χ1v) is 5.31. The zero-order valence-corrected chi connectivity index (χ0v) is 10.4. The summed E-state index contributed by atoms with van der Waals surface area (Å²) in [6.45, 7) is 6.22. The van der Waals surface area contributed by atoms with Crippen LogP contribution in [0.2, 0.25) is 0 Å². The number of nitrogens with zero attached hydrogens (tertiary/aromatic N) is 2. The van der Waals surface area contributed by atoms with E-state index >= 15 is 0 Å². The fourth-order valence-corrected chi connectivity index (χ4v) is 1.21. The smallest absolute Gasteiger partial charge is 0.407 e. The van der Waals surface area contributed by atoms with E-state index in [-0.39, 0.29) is 0 Å². The second-order valence-electron chi connectivity index (χ2n) is 4.57. The van der Waals surface area contributed by atoms with Crippen LogP contribution in [-0.4, -0.2) is 21.2 Å². The van der Waals surface area contributed by atoms with E-state index in [4.69, 9.17) is 11.2 Å². The van der Waals surface area contributed by atoms with Crippen LogP contribution in [0, 0.1) is 12.3 Å². The molecule has 0 spiro atoms. The predicted octanol–water partition coefficient (Wildman–Crippen LogP) is 1.54. The molecule has 0 fully saturated rings. The van der Waals surface area contributed by atoms with E-state index in [0.29, 0.717) is 13.1 Å². The Morgan fingerprint density at radius 2 is 2.35 bits per heavy atom. The number of carbonyl (C=O) groups excluding carboxylic acids is 1. The van der Waals surface area contributed by atoms with Crippen LogP contribution in [0.3, 0.4) is 0 Å². The molecule has 1 rings (SSSR count). The molecule has 1 heterocycles. The molecule has 1 aromatic heterocycles. The number of imidazole rings is 1. The quantitative estimate of drug-likeness (QED) is 0.808. The fourth-order valence-electron chi connectivity index (χ4n) is 1.21. The van der Waals surface area contributed by atoms with E-state index in [1.54, 1.807) is 17.1 Å². The van der Waals surface area contributed by atoms with Gasteiger partial charge in [0.2, 0.25) is 0 Å². The number of nitrogens with one attached hydrogen (secondary N) is 1. The van der Waals surface area contributed by atoms with Gasteiger partial charge in [0.15, 0.2) is 0 Å². The minimum Gasteiger partial charge on any atom is -0.444 e. The van der Waals surface area contributed by atoms with Crippen molar-refractivity contribution in [1.29, 1.82) is 0 Å². The van der Waals surface area contributed by atoms with Gasteiger partial charge in [0.05, 0.1) is 25.1 Å². The number of amides is 1. The summed E-state index contributed by atoms with van der Waals surface area (Å²) in [5, 5.41) is 2.65. The minimum absolute atomic E-state index is 0.344. The molecule has 0 bridgehead atoms. The summed E-state index contributed by atoms with van der Waals surface area (Å²) >= 11 is 0. The van der Waals surface area contributed by atoms with Gasteiger partial charge in [-0.25, -0.2) is 9.78 Å². The highest BCUT2D eigenvalue weighted by Gasteiger charge is 2.16. The van der Waals surface area contributed by atoms with Crippen LogP contribution in [0.4, 0.5) is 4.79 Å². The van der Waals surface area contributed by atoms with Crippen molar-refractivity contribution in [2.75, 3.05) is 0 Å². The Bertz CT molecular complexity index is 424. The van der Waals surface area contributed by atoms with Crippen molar-refractivity contribution in [3.8, 4) is 12.3 Å². The lowest BCUT2D eigenvalue weighted by Gasteiger charge is -2.19. The molecule has 5 nitrogen and oxygen atoms in total. The number of hydrogen-bond donors (Lipinski definition) is 1. The molecule has 0 saturated heterocycles. The monoisotopic (exact) mass is 235 g/mol. The van der Waals surface area contributed by atoms with Gasteiger partial charge in [-0.3, -0.25) is 0 Å². The van der Waals surface area contributed by atoms with Crippen LogP contribution >= 0.6 is 0 Å². The van der Waals surface area contributed by atoms with E-state index in [9.17, 15) is 4.79 Å². The van der Waals surface area contributed by atoms with Crippen molar-refractivity contribution in [3.05, 3.63) is 18.2 Å². The number of terminal acetylenes is 1. The summed E-state index contributed by atoms with van der Waals surface area (Å²) < 4.78 is 6.90. The van der Waals surface area contributed by atoms with Crippen LogP contribution in [0.25, 0.3) is 0 Å². The molecular formula is C12H17N3O2. The molecule has 0 aromatic carbocycles. The molecule has 0 aliphatic rings. The van der Waals surface area contributed by atoms with Gasteiger partial charge >= 0.3 is 6.09 Å². The zero-order chi connectivity index (χ0) is 12.9. The van der Waals surface area contributed by atoms with Gasteiger partial charge < -0.3 is 14.6 Å². The standard InChI is InChI=1S/C12H17N3O2/c1-5-6-15-9-13-7-10(15)8-14-11(16)17-12(2,3)4/h1,7,9H,6,8H2,2-4H3,(H,14,16). The molecule has 1 N–H and O–H groups in total. The van der Waals surface area contributed by atoms with Gasteiger partial charge in [0.1, 0.15) is 5.60 Å². The molecule has 0 aliphatic carbocycles. The van der Waals surface area contributed by atoms with E-state index in [1.165, 1.54) is 0 Å². The Balaban J connectivity index is 2.48. The maximum absolute atomic E-state index is 11.4. The third-order valence-electron chi connectivity index (χ3n) is 1.87. The molecule has 1 amide bonds. The molecule has 0 aliphatic heterocycles. The maximum atomic E-state index is 11.4. The van der Waals surface area contributed by atoms with Gasteiger partial charge in [0, 0.05) is 6.20 Å². The van der Waals surface area contributed by atoms with Gasteiger partial charge in [-0.1, -0.05) is 5.92 Å². The SMILES string of the molecule is C#CCn1cncc1CNC(=O)OC(C)(C)C. The summed E-state index contributed by atoms with van der Waals surface area (Å²) in [5.41, 5.74) is 0.345. The van der Waals surface area contributed by atoms with Gasteiger partial charge in [-0.05, 0) is 20.8 Å². The number of aromatic nitrogens is 2. The van der Waals surface area contributed by atoms with Crippen molar-refractivity contribution in [2.45, 2.75) is 39.5 Å². The molecule has 17 heavy (non-hydrogen) atoms. The van der Waals surface area contributed by atoms with Crippen LogP contribution in [0.5, 0.6) is 0 Å². The average molecular weight is 235 g/mol. The first-order chi connectivity index (χ1) is 7.92. The van der Waals surface area contributed by atoms with Crippen molar-refractivity contribution in [1.82, 2.24) is 14.9 Å². The molecular weight excluding hydrogens is 218 g/mol. The number of carbonyl (C=O) groups is 1. The summed E-state index contributed by atoms with van der Waals surface area (Å²) in [5.74, 6) is 2.52. The lowest BCUT2D eigenvalue weighted by atomic mass is 10.2. The molecule has 0 saturated carbocycles. The molecule has 0 atom stereocenters. The number of alkyl carbamates (subject to hydrolysis) is 1. The van der Waals surface area contributed by atoms with E-state index in [1.807, 2.05) is 20.8 Å². The Hall–Kier alpha value is -1.96. The highest BCUT2D eigenvalue weighted by molar-refractivity contribution is 5.67. The molecule has 92 valence electrons. The summed E-state index contributed by atoms with van der Waals surface area (Å²) in [6.07, 6.45) is 8.06. The van der Waals surface area contributed by atoms with Crippen LogP contribution in [0.1, 0.15) is 26.5 Å². The van der Waals surface area contributed by atoms with Crippen molar-refractivity contribution < 1.29 is 9.53 Å². The molecule has 0 radical (unpaired) electrons. The Kier molecular flexibility index (Phi) is 4.16.